The molecule has 0 amide bonds. The van der Waals surface area contributed by atoms with E-state index in [2.05, 4.69) is 10.0 Å². The van der Waals surface area contributed by atoms with Crippen LogP contribution in [-0.4, -0.2) is 22.0 Å². The highest BCUT2D eigenvalue weighted by Crippen LogP contribution is 2.43. The van der Waals surface area contributed by atoms with E-state index in [1.165, 1.54) is 0 Å². The van der Waals surface area contributed by atoms with Crippen molar-refractivity contribution in [1.82, 2.24) is 10.0 Å². The second-order valence-corrected chi connectivity index (χ2v) is 10.3. The molecule has 2 aromatic rings. The van der Waals surface area contributed by atoms with Gasteiger partial charge in [-0.05, 0) is 79.6 Å². The predicted octanol–water partition coefficient (Wildman–Crippen LogP) is 4.87. The molecule has 0 radical (unpaired) electrons. The first kappa shape index (κ1) is 20.2. The first-order chi connectivity index (χ1) is 13.4. The number of benzene rings is 2. The molecule has 2 atom stereocenters. The van der Waals surface area contributed by atoms with Gasteiger partial charge in [0.05, 0.1) is 14.9 Å². The zero-order valence-corrected chi connectivity index (χ0v) is 18.0. The van der Waals surface area contributed by atoms with E-state index in [-0.39, 0.29) is 12.0 Å². The number of hydrogen-bond donors (Lipinski definition) is 2. The second-order valence-electron chi connectivity index (χ2n) is 7.73. The molecule has 0 unspecified atom stereocenters. The minimum Gasteiger partial charge on any atom is -0.313 e. The maximum absolute atomic E-state index is 12.7. The molecule has 4 rings (SSSR count). The van der Waals surface area contributed by atoms with Gasteiger partial charge in [0.2, 0.25) is 10.0 Å². The zero-order valence-electron chi connectivity index (χ0n) is 15.7. The summed E-state index contributed by atoms with van der Waals surface area (Å²) in [6.45, 7) is 0.529. The van der Waals surface area contributed by atoms with E-state index in [4.69, 9.17) is 23.2 Å². The van der Waals surface area contributed by atoms with E-state index in [0.717, 1.165) is 42.4 Å². The lowest BCUT2D eigenvalue weighted by Gasteiger charge is -2.32. The lowest BCUT2D eigenvalue weighted by Crippen LogP contribution is -2.28. The molecule has 2 aliphatic rings. The van der Waals surface area contributed by atoms with Gasteiger partial charge in [0, 0.05) is 18.5 Å². The van der Waals surface area contributed by atoms with Crippen molar-refractivity contribution in [3.05, 3.63) is 63.1 Å². The fraction of sp³-hybridized carbons (Fsp3) is 0.429. The van der Waals surface area contributed by atoms with Crippen LogP contribution >= 0.6 is 23.2 Å². The lowest BCUT2D eigenvalue weighted by atomic mass is 9.77. The van der Waals surface area contributed by atoms with E-state index in [1.807, 2.05) is 37.4 Å². The summed E-state index contributed by atoms with van der Waals surface area (Å²) < 4.78 is 28.2. The third kappa shape index (κ3) is 4.10. The molecule has 0 saturated heterocycles. The summed E-state index contributed by atoms with van der Waals surface area (Å²) in [4.78, 5) is 0.335. The Balaban J connectivity index is 1.70. The molecule has 4 nitrogen and oxygen atoms in total. The van der Waals surface area contributed by atoms with Gasteiger partial charge in [-0.1, -0.05) is 35.3 Å². The van der Waals surface area contributed by atoms with E-state index < -0.39 is 10.0 Å². The number of sulfonamides is 1. The van der Waals surface area contributed by atoms with Gasteiger partial charge in [-0.15, -0.1) is 0 Å². The van der Waals surface area contributed by atoms with Gasteiger partial charge in [-0.25, -0.2) is 13.1 Å². The quantitative estimate of drug-likeness (QED) is 0.676. The highest BCUT2D eigenvalue weighted by molar-refractivity contribution is 7.89. The van der Waals surface area contributed by atoms with E-state index in [1.54, 1.807) is 6.07 Å². The van der Waals surface area contributed by atoms with Crippen molar-refractivity contribution in [2.24, 2.45) is 5.92 Å². The molecule has 1 saturated carbocycles. The minimum atomic E-state index is -3.49. The maximum Gasteiger partial charge on any atom is 0.240 e. The van der Waals surface area contributed by atoms with Gasteiger partial charge >= 0.3 is 0 Å². The Kier molecular flexibility index (Phi) is 5.73. The third-order valence-electron chi connectivity index (χ3n) is 5.82. The molecule has 0 heterocycles. The maximum atomic E-state index is 12.7. The summed E-state index contributed by atoms with van der Waals surface area (Å²) in [6, 6.07) is 11.4. The number of nitrogens with one attached hydrogen (secondary N) is 2. The van der Waals surface area contributed by atoms with Gasteiger partial charge in [0.1, 0.15) is 0 Å². The van der Waals surface area contributed by atoms with Crippen molar-refractivity contribution in [3.63, 3.8) is 0 Å². The molecule has 2 aromatic carbocycles. The van der Waals surface area contributed by atoms with E-state index in [9.17, 15) is 8.42 Å². The van der Waals surface area contributed by atoms with Crippen LogP contribution in [0.2, 0.25) is 10.0 Å². The minimum absolute atomic E-state index is 0.132. The summed E-state index contributed by atoms with van der Waals surface area (Å²) in [5.41, 5.74) is 3.29. The normalized spacial score (nSPS) is 22.1. The Hall–Kier alpha value is -1.11. The highest BCUT2D eigenvalue weighted by atomic mass is 35.5. The topological polar surface area (TPSA) is 58.2 Å². The molecular weight excluding hydrogens is 415 g/mol. The van der Waals surface area contributed by atoms with Crippen LogP contribution in [0.15, 0.2) is 41.3 Å². The summed E-state index contributed by atoms with van der Waals surface area (Å²) >= 11 is 12.3. The Bertz CT molecular complexity index is 990. The lowest BCUT2D eigenvalue weighted by molar-refractivity contribution is 0.469. The third-order valence-corrected chi connectivity index (χ3v) is 7.98. The summed E-state index contributed by atoms with van der Waals surface area (Å²) in [7, 11) is -1.57. The van der Waals surface area contributed by atoms with Crippen LogP contribution < -0.4 is 10.0 Å². The van der Waals surface area contributed by atoms with Gasteiger partial charge in [-0.2, -0.15) is 0 Å². The first-order valence-electron chi connectivity index (χ1n) is 9.65. The summed E-state index contributed by atoms with van der Waals surface area (Å²) in [5, 5.41) is 4.41. The molecular formula is C21H24Cl2N2O2S. The summed E-state index contributed by atoms with van der Waals surface area (Å²) in [6.07, 6.45) is 4.11. The average Bonchev–Trinajstić information content (AvgIpc) is 3.52. The molecule has 0 aliphatic heterocycles. The van der Waals surface area contributed by atoms with Gasteiger partial charge in [0.25, 0.3) is 0 Å². The fourth-order valence-electron chi connectivity index (χ4n) is 3.99. The molecule has 0 bridgehead atoms. The Morgan fingerprint density at radius 3 is 2.43 bits per heavy atom. The van der Waals surface area contributed by atoms with Crippen LogP contribution in [0.4, 0.5) is 0 Å². The predicted molar refractivity (Wildman–Crippen MR) is 114 cm³/mol. The Labute approximate surface area is 176 Å². The molecule has 0 aromatic heterocycles. The van der Waals surface area contributed by atoms with Crippen molar-refractivity contribution in [3.8, 4) is 0 Å². The van der Waals surface area contributed by atoms with Gasteiger partial charge in [-0.3, -0.25) is 0 Å². The van der Waals surface area contributed by atoms with Crippen molar-refractivity contribution in [2.75, 3.05) is 13.6 Å². The van der Waals surface area contributed by atoms with Crippen LogP contribution in [0.5, 0.6) is 0 Å². The molecule has 7 heteroatoms. The molecule has 150 valence electrons. The Morgan fingerprint density at radius 2 is 1.75 bits per heavy atom. The van der Waals surface area contributed by atoms with Crippen LogP contribution in [-0.2, 0) is 10.0 Å². The average molecular weight is 439 g/mol. The number of hydrogen-bond acceptors (Lipinski definition) is 3. The summed E-state index contributed by atoms with van der Waals surface area (Å²) in [5.74, 6) is 0.669. The Morgan fingerprint density at radius 1 is 0.964 bits per heavy atom. The molecule has 0 spiro atoms. The second kappa shape index (κ2) is 7.96. The standard InChI is InChI=1S/C21H24Cl2N2O2S/c1-24-21-9-7-16(14-4-8-19(22)20(23)10-14)17-6-5-15(11-18(17)21)28(26,27)25-12-13-2-3-13/h4-6,8,10-11,13,16,21,24-25H,2-3,7,9,12H2,1H3/t16-,21-/m0/s1. The monoisotopic (exact) mass is 438 g/mol. The van der Waals surface area contributed by atoms with Crippen LogP contribution in [0, 0.1) is 5.92 Å². The smallest absolute Gasteiger partial charge is 0.240 e. The first-order valence-corrected chi connectivity index (χ1v) is 11.9. The number of rotatable bonds is 6. The van der Waals surface area contributed by atoms with Crippen molar-refractivity contribution in [1.29, 1.82) is 0 Å². The highest BCUT2D eigenvalue weighted by Gasteiger charge is 2.30. The van der Waals surface area contributed by atoms with E-state index >= 15 is 0 Å². The largest absolute Gasteiger partial charge is 0.313 e. The van der Waals surface area contributed by atoms with Crippen molar-refractivity contribution >= 4 is 33.2 Å². The molecule has 28 heavy (non-hydrogen) atoms. The van der Waals surface area contributed by atoms with Crippen LogP contribution in [0.25, 0.3) is 0 Å². The zero-order chi connectivity index (χ0) is 19.9. The van der Waals surface area contributed by atoms with Crippen LogP contribution in [0.1, 0.15) is 54.3 Å². The molecule has 2 N–H and O–H groups in total. The molecule has 1 fully saturated rings. The van der Waals surface area contributed by atoms with E-state index in [0.29, 0.717) is 27.4 Å². The SMILES string of the molecule is CN[C@H]1CC[C@@H](c2ccc(Cl)c(Cl)c2)c2ccc(S(=O)(=O)NCC3CC3)cc21. The van der Waals surface area contributed by atoms with Crippen molar-refractivity contribution in [2.45, 2.75) is 42.5 Å². The van der Waals surface area contributed by atoms with Gasteiger partial charge < -0.3 is 5.32 Å². The number of halogens is 2. The van der Waals surface area contributed by atoms with Crippen molar-refractivity contribution < 1.29 is 8.42 Å². The molecule has 2 aliphatic carbocycles. The fourth-order valence-corrected chi connectivity index (χ4v) is 5.45. The van der Waals surface area contributed by atoms with Crippen LogP contribution in [0.3, 0.4) is 0 Å². The number of fused-ring (bicyclic) bond motifs is 1. The van der Waals surface area contributed by atoms with Gasteiger partial charge in [0.15, 0.2) is 0 Å².